The van der Waals surface area contributed by atoms with Crippen molar-refractivity contribution in [3.05, 3.63) is 0 Å². The van der Waals surface area contributed by atoms with Gasteiger partial charge >= 0.3 is 17.9 Å². The monoisotopic (exact) mass is 368 g/mol. The number of carbonyl (C=O) groups is 3. The molecule has 0 spiro atoms. The van der Waals surface area contributed by atoms with Crippen molar-refractivity contribution < 1.29 is 38.4 Å². The van der Waals surface area contributed by atoms with Gasteiger partial charge in [0.05, 0.1) is 0 Å². The minimum absolute atomic E-state index is 0.219. The lowest BCUT2D eigenvalue weighted by Crippen LogP contribution is -2.59. The molecule has 21 heavy (non-hydrogen) atoms. The summed E-state index contributed by atoms with van der Waals surface area (Å²) in [5.74, 6) is -1.80. The minimum atomic E-state index is -1.31. The van der Waals surface area contributed by atoms with Crippen molar-refractivity contribution in [1.29, 1.82) is 0 Å². The average molecular weight is 369 g/mol. The molecule has 1 heterocycles. The summed E-state index contributed by atoms with van der Waals surface area (Å²) in [6.45, 7) is 3.34. The van der Waals surface area contributed by atoms with Crippen LogP contribution in [0.15, 0.2) is 0 Å². The zero-order chi connectivity index (χ0) is 16.2. The van der Waals surface area contributed by atoms with Gasteiger partial charge in [-0.1, -0.05) is 15.9 Å². The number of rotatable bonds is 4. The molecular formula is C12H17BrO8. The lowest BCUT2D eigenvalue weighted by Gasteiger charge is -2.41. The van der Waals surface area contributed by atoms with Crippen LogP contribution >= 0.6 is 15.9 Å². The maximum absolute atomic E-state index is 11.2. The number of hydrogen-bond donors (Lipinski definition) is 1. The van der Waals surface area contributed by atoms with Crippen molar-refractivity contribution in [1.82, 2.24) is 0 Å². The molecule has 0 aromatic heterocycles. The first kappa shape index (κ1) is 17.9. The van der Waals surface area contributed by atoms with E-state index in [1.165, 1.54) is 13.8 Å². The fourth-order valence-corrected chi connectivity index (χ4v) is 2.54. The van der Waals surface area contributed by atoms with Gasteiger partial charge in [-0.2, -0.15) is 0 Å². The maximum atomic E-state index is 11.2. The van der Waals surface area contributed by atoms with Gasteiger partial charge in [0.15, 0.2) is 17.2 Å². The Labute approximate surface area is 129 Å². The van der Waals surface area contributed by atoms with E-state index in [1.54, 1.807) is 0 Å². The fraction of sp³-hybridized carbons (Fsp3) is 0.750. The van der Waals surface area contributed by atoms with Gasteiger partial charge in [0.25, 0.3) is 0 Å². The van der Waals surface area contributed by atoms with Crippen molar-refractivity contribution in [3.63, 3.8) is 0 Å². The molecule has 1 aliphatic rings. The van der Waals surface area contributed by atoms with Crippen molar-refractivity contribution in [3.8, 4) is 0 Å². The number of hydrogen-bond acceptors (Lipinski definition) is 8. The van der Waals surface area contributed by atoms with Crippen LogP contribution in [0.3, 0.4) is 0 Å². The highest BCUT2D eigenvalue weighted by molar-refractivity contribution is 9.09. The Kier molecular flexibility index (Phi) is 6.56. The summed E-state index contributed by atoms with van der Waals surface area (Å²) in [7, 11) is 0. The molecule has 1 N–H and O–H groups in total. The van der Waals surface area contributed by atoms with E-state index < -0.39 is 47.3 Å². The molecule has 120 valence electrons. The first-order valence-electron chi connectivity index (χ1n) is 6.17. The molecule has 5 atom stereocenters. The summed E-state index contributed by atoms with van der Waals surface area (Å²) >= 11 is 3.15. The molecule has 0 aromatic rings. The number of aliphatic hydroxyl groups is 1. The second-order valence-corrected chi connectivity index (χ2v) is 5.37. The van der Waals surface area contributed by atoms with Crippen molar-refractivity contribution in [2.24, 2.45) is 0 Å². The smallest absolute Gasteiger partial charge is 0.303 e. The van der Waals surface area contributed by atoms with Gasteiger partial charge in [-0.25, -0.2) is 0 Å². The van der Waals surface area contributed by atoms with E-state index in [1.807, 2.05) is 0 Å². The molecular weight excluding hydrogens is 352 g/mol. The molecule has 8 nitrogen and oxygen atoms in total. The molecule has 1 saturated heterocycles. The number of aliphatic hydroxyl groups excluding tert-OH is 1. The van der Waals surface area contributed by atoms with E-state index in [-0.39, 0.29) is 6.61 Å². The predicted octanol–water partition coefficient (Wildman–Crippen LogP) is -0.106. The molecule has 0 radical (unpaired) electrons. The highest BCUT2D eigenvalue weighted by Gasteiger charge is 2.48. The van der Waals surface area contributed by atoms with Crippen LogP contribution in [0.25, 0.3) is 0 Å². The Balaban J connectivity index is 2.87. The highest BCUT2D eigenvalue weighted by Crippen LogP contribution is 2.29. The first-order chi connectivity index (χ1) is 9.72. The Morgan fingerprint density at radius 2 is 1.57 bits per heavy atom. The number of alkyl halides is 1. The molecule has 0 amide bonds. The second kappa shape index (κ2) is 7.71. The molecule has 0 unspecified atom stereocenters. The zero-order valence-electron chi connectivity index (χ0n) is 11.8. The van der Waals surface area contributed by atoms with Gasteiger partial charge in [0, 0.05) is 20.8 Å². The lowest BCUT2D eigenvalue weighted by atomic mass is 10.00. The third kappa shape index (κ3) is 5.25. The summed E-state index contributed by atoms with van der Waals surface area (Å²) < 4.78 is 20.2. The number of ether oxygens (including phenoxy) is 4. The quantitative estimate of drug-likeness (QED) is 0.416. The van der Waals surface area contributed by atoms with E-state index in [9.17, 15) is 19.5 Å². The fourth-order valence-electron chi connectivity index (χ4n) is 1.86. The van der Waals surface area contributed by atoms with Crippen LogP contribution in [0.1, 0.15) is 20.8 Å². The summed E-state index contributed by atoms with van der Waals surface area (Å²) in [6.07, 6.45) is -4.39. The molecule has 1 rings (SSSR count). The van der Waals surface area contributed by atoms with Gasteiger partial charge in [-0.3, -0.25) is 14.4 Å². The Bertz CT molecular complexity index is 412. The van der Waals surface area contributed by atoms with Crippen LogP contribution in [0.5, 0.6) is 0 Å². The summed E-state index contributed by atoms with van der Waals surface area (Å²) in [5, 5.41) is 9.36. The van der Waals surface area contributed by atoms with Crippen LogP contribution in [0, 0.1) is 0 Å². The van der Waals surface area contributed by atoms with Crippen LogP contribution in [-0.2, 0) is 33.3 Å². The molecule has 1 fully saturated rings. The lowest BCUT2D eigenvalue weighted by molar-refractivity contribution is -0.229. The zero-order valence-corrected chi connectivity index (χ0v) is 13.4. The van der Waals surface area contributed by atoms with Gasteiger partial charge in [-0.15, -0.1) is 0 Å². The van der Waals surface area contributed by atoms with E-state index in [0.717, 1.165) is 6.92 Å². The van der Waals surface area contributed by atoms with E-state index >= 15 is 0 Å². The third-order valence-corrected chi connectivity index (χ3v) is 3.40. The van der Waals surface area contributed by atoms with Crippen molar-refractivity contribution in [2.75, 3.05) is 6.61 Å². The Morgan fingerprint density at radius 1 is 1.05 bits per heavy atom. The van der Waals surface area contributed by atoms with Crippen LogP contribution < -0.4 is 0 Å². The molecule has 0 bridgehead atoms. The Morgan fingerprint density at radius 3 is 2.05 bits per heavy atom. The largest absolute Gasteiger partial charge is 0.463 e. The number of halogens is 1. The topological polar surface area (TPSA) is 108 Å². The Hall–Kier alpha value is -1.19. The highest BCUT2D eigenvalue weighted by atomic mass is 79.9. The van der Waals surface area contributed by atoms with Gasteiger partial charge in [-0.05, 0) is 0 Å². The summed E-state index contributed by atoms with van der Waals surface area (Å²) in [4.78, 5) is 33.1. The second-order valence-electron chi connectivity index (χ2n) is 4.47. The maximum Gasteiger partial charge on any atom is 0.303 e. The van der Waals surface area contributed by atoms with Crippen molar-refractivity contribution >= 4 is 33.8 Å². The van der Waals surface area contributed by atoms with Gasteiger partial charge < -0.3 is 24.1 Å². The summed E-state index contributed by atoms with van der Waals surface area (Å²) in [5.41, 5.74) is 0. The third-order valence-electron chi connectivity index (χ3n) is 2.66. The predicted molar refractivity (Wildman–Crippen MR) is 71.3 cm³/mol. The summed E-state index contributed by atoms with van der Waals surface area (Å²) in [6, 6.07) is 0. The van der Waals surface area contributed by atoms with Gasteiger partial charge in [0.1, 0.15) is 18.8 Å². The van der Waals surface area contributed by atoms with Crippen LogP contribution in [-0.4, -0.2) is 59.1 Å². The number of carbonyl (C=O) groups excluding carboxylic acids is 3. The molecule has 1 aliphatic heterocycles. The van der Waals surface area contributed by atoms with Gasteiger partial charge in [0.2, 0.25) is 0 Å². The van der Waals surface area contributed by atoms with Crippen LogP contribution in [0.4, 0.5) is 0 Å². The van der Waals surface area contributed by atoms with E-state index in [4.69, 9.17) is 18.9 Å². The normalized spacial score (nSPS) is 32.1. The van der Waals surface area contributed by atoms with Crippen LogP contribution in [0.2, 0.25) is 0 Å². The molecule has 0 aromatic carbocycles. The average Bonchev–Trinajstić information content (AvgIpc) is 2.35. The van der Waals surface area contributed by atoms with E-state index in [0.29, 0.717) is 0 Å². The minimum Gasteiger partial charge on any atom is -0.463 e. The molecule has 9 heteroatoms. The first-order valence-corrected chi connectivity index (χ1v) is 7.09. The number of esters is 3. The van der Waals surface area contributed by atoms with E-state index in [2.05, 4.69) is 15.9 Å². The standard InChI is InChI=1S/C12H17BrO8/c1-5(14)18-4-8-9(17)10(19-6(2)15)11(12(13)21-8)20-7(3)16/h8-12,17H,4H2,1-3H3/t8-,9+,10+,11-,12+/m1/s1. The molecule has 0 saturated carbocycles. The van der Waals surface area contributed by atoms with Crippen molar-refractivity contribution in [2.45, 2.75) is 50.2 Å². The molecule has 0 aliphatic carbocycles. The SMILES string of the molecule is CC(=O)OC[C@H]1O[C@H](Br)[C@H](OC(C)=O)[C@@H](OC(C)=O)[C@H]1O.